The molecule has 1 aromatic rings. The quantitative estimate of drug-likeness (QED) is 0.759. The minimum Gasteiger partial charge on any atom is -0.491 e. The van der Waals surface area contributed by atoms with Gasteiger partial charge in [0.2, 0.25) is 0 Å². The molecule has 0 saturated carbocycles. The number of hydrogen-bond acceptors (Lipinski definition) is 3. The molecule has 0 aromatic heterocycles. The minimum absolute atomic E-state index is 0.137. The van der Waals surface area contributed by atoms with Gasteiger partial charge in [-0.2, -0.15) is 0 Å². The fourth-order valence-electron chi connectivity index (χ4n) is 1.35. The molecule has 0 fully saturated rings. The highest BCUT2D eigenvalue weighted by Crippen LogP contribution is 2.11. The lowest BCUT2D eigenvalue weighted by molar-refractivity contribution is -0.140. The molecular formula is C13H19NO3. The van der Waals surface area contributed by atoms with Crippen LogP contribution in [0.15, 0.2) is 24.3 Å². The molecule has 0 aliphatic carbocycles. The maximum atomic E-state index is 10.9. The number of aryl methyl sites for hydroxylation is 1. The summed E-state index contributed by atoms with van der Waals surface area (Å²) in [5, 5.41) is 11.9. The molecule has 0 radical (unpaired) electrons. The summed E-state index contributed by atoms with van der Waals surface area (Å²) in [7, 11) is 0. The molecule has 0 aliphatic rings. The average molecular weight is 237 g/mol. The van der Waals surface area contributed by atoms with Crippen LogP contribution in [0.5, 0.6) is 5.75 Å². The highest BCUT2D eigenvalue weighted by molar-refractivity contribution is 5.73. The van der Waals surface area contributed by atoms with Gasteiger partial charge in [0.25, 0.3) is 0 Å². The van der Waals surface area contributed by atoms with E-state index < -0.39 is 12.0 Å². The van der Waals surface area contributed by atoms with E-state index in [1.54, 1.807) is 0 Å². The number of rotatable bonds is 7. The maximum Gasteiger partial charge on any atom is 0.324 e. The number of benzene rings is 1. The lowest BCUT2D eigenvalue weighted by Crippen LogP contribution is -2.41. The topological polar surface area (TPSA) is 58.6 Å². The van der Waals surface area contributed by atoms with Gasteiger partial charge >= 0.3 is 5.97 Å². The van der Waals surface area contributed by atoms with Crippen molar-refractivity contribution in [3.05, 3.63) is 29.8 Å². The van der Waals surface area contributed by atoms with Gasteiger partial charge in [0.1, 0.15) is 18.4 Å². The number of aliphatic carboxylic acids is 1. The zero-order chi connectivity index (χ0) is 12.7. The summed E-state index contributed by atoms with van der Waals surface area (Å²) in [5.74, 6) is -0.189. The van der Waals surface area contributed by atoms with E-state index >= 15 is 0 Å². The van der Waals surface area contributed by atoms with Crippen LogP contribution in [0, 0.1) is 6.92 Å². The summed E-state index contributed by atoms with van der Waals surface area (Å²) in [6, 6.07) is 6.90. The van der Waals surface area contributed by atoms with Crippen LogP contribution in [-0.4, -0.2) is 30.3 Å². The highest BCUT2D eigenvalue weighted by atomic mass is 16.5. The number of carbonyl (C=O) groups is 1. The summed E-state index contributed by atoms with van der Waals surface area (Å²) in [6.07, 6.45) is 0.897. The van der Waals surface area contributed by atoms with Gasteiger partial charge in [-0.15, -0.1) is 0 Å². The van der Waals surface area contributed by atoms with Crippen LogP contribution >= 0.6 is 0 Å². The van der Waals surface area contributed by atoms with Crippen molar-refractivity contribution in [2.45, 2.75) is 26.3 Å². The Bertz CT molecular complexity index is 348. The van der Waals surface area contributed by atoms with Crippen LogP contribution in [0.25, 0.3) is 0 Å². The summed E-state index contributed by atoms with van der Waals surface area (Å²) in [4.78, 5) is 10.9. The Morgan fingerprint density at radius 1 is 1.41 bits per heavy atom. The molecule has 0 amide bonds. The predicted octanol–water partition coefficient (Wildman–Crippen LogP) is 1.83. The van der Waals surface area contributed by atoms with Gasteiger partial charge in [-0.1, -0.05) is 24.6 Å². The van der Waals surface area contributed by atoms with Crippen LogP contribution in [0.4, 0.5) is 0 Å². The fourth-order valence-corrected chi connectivity index (χ4v) is 1.35. The standard InChI is InChI=1S/C13H19NO3/c1-3-8-14-12(13(15)16)9-17-11-6-4-10(2)5-7-11/h4-7,12,14H,3,8-9H2,1-2H3,(H,15,16). The summed E-state index contributed by atoms with van der Waals surface area (Å²) >= 11 is 0. The normalized spacial score (nSPS) is 12.1. The van der Waals surface area contributed by atoms with Crippen LogP contribution in [0.2, 0.25) is 0 Å². The Balaban J connectivity index is 2.45. The van der Waals surface area contributed by atoms with Crippen molar-refractivity contribution in [3.8, 4) is 5.75 Å². The van der Waals surface area contributed by atoms with Crippen LogP contribution in [0.3, 0.4) is 0 Å². The third kappa shape index (κ3) is 4.87. The predicted molar refractivity (Wildman–Crippen MR) is 66.4 cm³/mol. The Labute approximate surface area is 102 Å². The molecule has 0 aliphatic heterocycles. The van der Waals surface area contributed by atoms with Crippen molar-refractivity contribution >= 4 is 5.97 Å². The van der Waals surface area contributed by atoms with Crippen molar-refractivity contribution in [3.63, 3.8) is 0 Å². The van der Waals surface area contributed by atoms with E-state index in [4.69, 9.17) is 9.84 Å². The van der Waals surface area contributed by atoms with E-state index in [0.717, 1.165) is 12.0 Å². The summed E-state index contributed by atoms with van der Waals surface area (Å²) in [6.45, 7) is 4.80. The van der Waals surface area contributed by atoms with Gasteiger partial charge in [-0.05, 0) is 32.0 Å². The Kier molecular flexibility index (Phi) is 5.49. The number of hydrogen-bond donors (Lipinski definition) is 2. The third-order valence-electron chi connectivity index (χ3n) is 2.38. The van der Waals surface area contributed by atoms with Crippen molar-refractivity contribution in [2.24, 2.45) is 0 Å². The molecule has 0 heterocycles. The van der Waals surface area contributed by atoms with Gasteiger partial charge in [-0.3, -0.25) is 4.79 Å². The van der Waals surface area contributed by atoms with E-state index in [-0.39, 0.29) is 6.61 Å². The van der Waals surface area contributed by atoms with Gasteiger partial charge in [0, 0.05) is 0 Å². The zero-order valence-electron chi connectivity index (χ0n) is 10.3. The second-order valence-electron chi connectivity index (χ2n) is 3.97. The largest absolute Gasteiger partial charge is 0.491 e. The first-order chi connectivity index (χ1) is 8.13. The van der Waals surface area contributed by atoms with Crippen molar-refractivity contribution < 1.29 is 14.6 Å². The van der Waals surface area contributed by atoms with Crippen molar-refractivity contribution in [2.75, 3.05) is 13.2 Å². The molecular weight excluding hydrogens is 218 g/mol. The lowest BCUT2D eigenvalue weighted by Gasteiger charge is -2.15. The molecule has 94 valence electrons. The Morgan fingerprint density at radius 3 is 2.59 bits per heavy atom. The molecule has 2 N–H and O–H groups in total. The Morgan fingerprint density at radius 2 is 2.06 bits per heavy atom. The van der Waals surface area contributed by atoms with E-state index in [1.165, 1.54) is 0 Å². The van der Waals surface area contributed by atoms with Gasteiger partial charge in [0.15, 0.2) is 0 Å². The summed E-state index contributed by atoms with van der Waals surface area (Å²) < 4.78 is 5.44. The molecule has 17 heavy (non-hydrogen) atoms. The maximum absolute atomic E-state index is 10.9. The zero-order valence-corrected chi connectivity index (χ0v) is 10.3. The van der Waals surface area contributed by atoms with Gasteiger partial charge in [0.05, 0.1) is 0 Å². The third-order valence-corrected chi connectivity index (χ3v) is 2.38. The van der Waals surface area contributed by atoms with Crippen molar-refractivity contribution in [1.29, 1.82) is 0 Å². The molecule has 1 aromatic carbocycles. The number of carboxylic acids is 1. The second-order valence-corrected chi connectivity index (χ2v) is 3.97. The van der Waals surface area contributed by atoms with Crippen LogP contribution in [-0.2, 0) is 4.79 Å². The van der Waals surface area contributed by atoms with E-state index in [9.17, 15) is 4.79 Å². The van der Waals surface area contributed by atoms with Crippen LogP contribution in [0.1, 0.15) is 18.9 Å². The average Bonchev–Trinajstić information content (AvgIpc) is 2.31. The second kappa shape index (κ2) is 6.91. The highest BCUT2D eigenvalue weighted by Gasteiger charge is 2.16. The smallest absolute Gasteiger partial charge is 0.324 e. The molecule has 4 heteroatoms. The number of carboxylic acid groups (broad SMARTS) is 1. The van der Waals surface area contributed by atoms with Gasteiger partial charge in [-0.25, -0.2) is 0 Å². The molecule has 0 saturated heterocycles. The van der Waals surface area contributed by atoms with Crippen LogP contribution < -0.4 is 10.1 Å². The van der Waals surface area contributed by atoms with E-state index in [0.29, 0.717) is 12.3 Å². The molecule has 0 spiro atoms. The monoisotopic (exact) mass is 237 g/mol. The Hall–Kier alpha value is -1.55. The lowest BCUT2D eigenvalue weighted by atomic mass is 10.2. The molecule has 1 unspecified atom stereocenters. The molecule has 1 atom stereocenters. The first-order valence-electron chi connectivity index (χ1n) is 5.79. The fraction of sp³-hybridized carbons (Fsp3) is 0.462. The minimum atomic E-state index is -0.884. The molecule has 0 bridgehead atoms. The first kappa shape index (κ1) is 13.5. The number of nitrogens with one attached hydrogen (secondary N) is 1. The van der Waals surface area contributed by atoms with Crippen molar-refractivity contribution in [1.82, 2.24) is 5.32 Å². The van der Waals surface area contributed by atoms with E-state index in [2.05, 4.69) is 5.32 Å². The SMILES string of the molecule is CCCNC(COc1ccc(C)cc1)C(=O)O. The van der Waals surface area contributed by atoms with Gasteiger partial charge < -0.3 is 15.2 Å². The summed E-state index contributed by atoms with van der Waals surface area (Å²) in [5.41, 5.74) is 1.15. The first-order valence-corrected chi connectivity index (χ1v) is 5.79. The van der Waals surface area contributed by atoms with E-state index in [1.807, 2.05) is 38.1 Å². The molecule has 1 rings (SSSR count). The number of ether oxygens (including phenoxy) is 1. The molecule has 4 nitrogen and oxygen atoms in total.